The lowest BCUT2D eigenvalue weighted by Crippen LogP contribution is -2.66. The fourth-order valence-corrected chi connectivity index (χ4v) is 12.4. The number of hydrogen-bond donors (Lipinski definition) is 3. The van der Waals surface area contributed by atoms with Gasteiger partial charge >= 0.3 is 0 Å². The van der Waals surface area contributed by atoms with E-state index in [0.717, 1.165) is 32.1 Å². The summed E-state index contributed by atoms with van der Waals surface area (Å²) in [5.41, 5.74) is 0.289. The molecule has 13 atom stereocenters. The van der Waals surface area contributed by atoms with Crippen LogP contribution in [0.3, 0.4) is 0 Å². The van der Waals surface area contributed by atoms with Crippen LogP contribution in [0.2, 0.25) is 0 Å². The summed E-state index contributed by atoms with van der Waals surface area (Å²) in [6.45, 7) is 13.7. The van der Waals surface area contributed by atoms with Gasteiger partial charge in [-0.05, 0) is 111 Å². The molecule has 2 aliphatic heterocycles. The molecule has 5 heteroatoms. The maximum Gasteiger partial charge on any atom is 0.158 e. The summed E-state index contributed by atoms with van der Waals surface area (Å²) in [6, 6.07) is 0. The molecule has 0 spiro atoms. The molecule has 0 amide bonds. The number of ether oxygens (including phenoxy) is 2. The molecule has 7 fully saturated rings. The van der Waals surface area contributed by atoms with Crippen LogP contribution < -0.4 is 0 Å². The number of aliphatic hydroxyl groups excluding tert-OH is 3. The van der Waals surface area contributed by atoms with Crippen molar-refractivity contribution in [2.24, 2.45) is 50.7 Å². The first-order chi connectivity index (χ1) is 16.2. The highest BCUT2D eigenvalue weighted by Crippen LogP contribution is 2.91. The van der Waals surface area contributed by atoms with Crippen molar-refractivity contribution in [1.82, 2.24) is 0 Å². The van der Waals surface area contributed by atoms with Gasteiger partial charge in [-0.15, -0.1) is 0 Å². The Balaban J connectivity index is 1.20. The Labute approximate surface area is 211 Å². The molecule has 5 nitrogen and oxygen atoms in total. The van der Waals surface area contributed by atoms with Gasteiger partial charge in [-0.1, -0.05) is 27.7 Å². The monoisotopic (exact) mass is 488 g/mol. The summed E-state index contributed by atoms with van der Waals surface area (Å²) in [4.78, 5) is 0. The minimum atomic E-state index is -0.680. The summed E-state index contributed by atoms with van der Waals surface area (Å²) >= 11 is 0. The van der Waals surface area contributed by atoms with E-state index >= 15 is 0 Å². The number of rotatable bonds is 2. The van der Waals surface area contributed by atoms with E-state index in [4.69, 9.17) is 9.47 Å². The highest BCUT2D eigenvalue weighted by atomic mass is 16.7. The molecular weight excluding hydrogens is 440 g/mol. The Hall–Kier alpha value is -0.200. The normalized spacial score (nSPS) is 63.5. The summed E-state index contributed by atoms with van der Waals surface area (Å²) in [5, 5.41) is 33.9. The fourth-order valence-electron chi connectivity index (χ4n) is 12.4. The standard InChI is InChI=1S/C30H48O5/c1-25(2)20-14-22(32)28(6)19(27(20,5)10-9-21(25)31)8-11-29-15-30(28,29)12-7-17(29)16-13-18(34-24(16)33)23-26(3,4)35-23/h16-24,31-33H,7-15H2,1-6H3/t16-,17-,18+,19+,20-,21-,22+,23-,24?,27+,28-,29+,30+/m0/s1. The first-order valence-electron chi connectivity index (χ1n) is 14.6. The molecule has 7 aliphatic rings. The lowest BCUT2D eigenvalue weighted by Gasteiger charge is -2.68. The lowest BCUT2D eigenvalue weighted by atomic mass is 9.37. The molecule has 0 radical (unpaired) electrons. The second kappa shape index (κ2) is 6.68. The van der Waals surface area contributed by atoms with Gasteiger partial charge in [0.25, 0.3) is 0 Å². The van der Waals surface area contributed by atoms with Gasteiger partial charge in [-0.3, -0.25) is 0 Å². The Morgan fingerprint density at radius 1 is 0.771 bits per heavy atom. The third kappa shape index (κ3) is 2.59. The van der Waals surface area contributed by atoms with Gasteiger partial charge < -0.3 is 24.8 Å². The molecule has 1 unspecified atom stereocenters. The van der Waals surface area contributed by atoms with Crippen LogP contribution in [0, 0.1) is 50.7 Å². The van der Waals surface area contributed by atoms with E-state index in [1.807, 2.05) is 0 Å². The number of fused-ring (bicyclic) bond motifs is 3. The largest absolute Gasteiger partial charge is 0.393 e. The molecule has 35 heavy (non-hydrogen) atoms. The minimum absolute atomic E-state index is 0.0120. The van der Waals surface area contributed by atoms with Gasteiger partial charge in [0, 0.05) is 11.3 Å². The topological polar surface area (TPSA) is 82.5 Å². The van der Waals surface area contributed by atoms with Gasteiger partial charge in [0.05, 0.1) is 23.9 Å². The van der Waals surface area contributed by atoms with Crippen LogP contribution in [-0.2, 0) is 9.47 Å². The smallest absolute Gasteiger partial charge is 0.158 e. The van der Waals surface area contributed by atoms with E-state index in [2.05, 4.69) is 41.5 Å². The van der Waals surface area contributed by atoms with Crippen molar-refractivity contribution in [2.45, 2.75) is 136 Å². The molecular formula is C30H48O5. The van der Waals surface area contributed by atoms with E-state index < -0.39 is 6.29 Å². The first-order valence-corrected chi connectivity index (χ1v) is 14.6. The summed E-state index contributed by atoms with van der Waals surface area (Å²) in [5.74, 6) is 1.55. The van der Waals surface area contributed by atoms with Gasteiger partial charge in [0.1, 0.15) is 6.10 Å². The predicted molar refractivity (Wildman–Crippen MR) is 132 cm³/mol. The maximum atomic E-state index is 12.0. The van der Waals surface area contributed by atoms with Gasteiger partial charge in [0.15, 0.2) is 6.29 Å². The van der Waals surface area contributed by atoms with Crippen LogP contribution in [0.25, 0.3) is 0 Å². The van der Waals surface area contributed by atoms with Crippen molar-refractivity contribution < 1.29 is 24.8 Å². The molecule has 0 aromatic carbocycles. The van der Waals surface area contributed by atoms with Crippen LogP contribution in [-0.4, -0.2) is 51.6 Å². The zero-order chi connectivity index (χ0) is 25.0. The van der Waals surface area contributed by atoms with Crippen molar-refractivity contribution in [1.29, 1.82) is 0 Å². The molecule has 0 aromatic heterocycles. The molecule has 0 bridgehead atoms. The Bertz CT molecular complexity index is 932. The van der Waals surface area contributed by atoms with E-state index in [0.29, 0.717) is 17.8 Å². The van der Waals surface area contributed by atoms with Crippen molar-refractivity contribution in [3.8, 4) is 0 Å². The van der Waals surface area contributed by atoms with E-state index in [9.17, 15) is 15.3 Å². The van der Waals surface area contributed by atoms with Crippen molar-refractivity contribution in [3.05, 3.63) is 0 Å². The molecule has 3 N–H and O–H groups in total. The third-order valence-electron chi connectivity index (χ3n) is 14.2. The average Bonchev–Trinajstić information content (AvgIpc) is 3.53. The highest BCUT2D eigenvalue weighted by Gasteiger charge is 2.85. The summed E-state index contributed by atoms with van der Waals surface area (Å²) in [6.07, 6.45) is 8.53. The van der Waals surface area contributed by atoms with Crippen molar-refractivity contribution in [2.75, 3.05) is 0 Å². The van der Waals surface area contributed by atoms with Gasteiger partial charge in [0.2, 0.25) is 0 Å². The fraction of sp³-hybridized carbons (Fsp3) is 1.00. The van der Waals surface area contributed by atoms with Crippen LogP contribution in [0.1, 0.15) is 99.3 Å². The van der Waals surface area contributed by atoms with E-state index in [1.165, 1.54) is 25.7 Å². The number of aliphatic hydroxyl groups is 3. The summed E-state index contributed by atoms with van der Waals surface area (Å²) < 4.78 is 12.0. The summed E-state index contributed by atoms with van der Waals surface area (Å²) in [7, 11) is 0. The lowest BCUT2D eigenvalue weighted by molar-refractivity contribution is -0.242. The molecule has 2 heterocycles. The van der Waals surface area contributed by atoms with Gasteiger partial charge in [-0.2, -0.15) is 0 Å². The Morgan fingerprint density at radius 2 is 1.49 bits per heavy atom. The first kappa shape index (κ1) is 23.9. The number of epoxide rings is 1. The molecule has 2 saturated heterocycles. The molecule has 198 valence electrons. The van der Waals surface area contributed by atoms with Crippen molar-refractivity contribution in [3.63, 3.8) is 0 Å². The van der Waals surface area contributed by atoms with E-state index in [1.54, 1.807) is 0 Å². The maximum absolute atomic E-state index is 12.0. The predicted octanol–water partition coefficient (Wildman–Crippen LogP) is 4.66. The zero-order valence-electron chi connectivity index (χ0n) is 22.7. The molecule has 7 rings (SSSR count). The second-order valence-corrected chi connectivity index (χ2v) is 15.7. The third-order valence-corrected chi connectivity index (χ3v) is 14.2. The van der Waals surface area contributed by atoms with E-state index in [-0.39, 0.29) is 63.0 Å². The van der Waals surface area contributed by atoms with Crippen LogP contribution in [0.15, 0.2) is 0 Å². The second-order valence-electron chi connectivity index (χ2n) is 15.7. The SMILES string of the molecule is CC1(C)O[C@H]1[C@H]1C[C@@H]([C@@H]2CC[C@]34C[C@]23CC[C@@H]2[C@@]3(C)CC[C@H](O)C(C)(C)[C@@H]3C[C@@H](O)[C@]24C)C(O)O1. The zero-order valence-corrected chi connectivity index (χ0v) is 22.7. The van der Waals surface area contributed by atoms with Crippen LogP contribution >= 0.6 is 0 Å². The van der Waals surface area contributed by atoms with Crippen LogP contribution in [0.4, 0.5) is 0 Å². The Kier molecular flexibility index (Phi) is 4.56. The Morgan fingerprint density at radius 3 is 2.17 bits per heavy atom. The molecule has 5 aliphatic carbocycles. The molecule has 0 aromatic rings. The van der Waals surface area contributed by atoms with Gasteiger partial charge in [-0.25, -0.2) is 0 Å². The number of hydrogen-bond acceptors (Lipinski definition) is 5. The van der Waals surface area contributed by atoms with Crippen molar-refractivity contribution >= 4 is 0 Å². The average molecular weight is 489 g/mol. The van der Waals surface area contributed by atoms with Crippen LogP contribution in [0.5, 0.6) is 0 Å². The highest BCUT2D eigenvalue weighted by molar-refractivity contribution is 5.33. The molecule has 5 saturated carbocycles. The minimum Gasteiger partial charge on any atom is -0.393 e. The quantitative estimate of drug-likeness (QED) is 0.493.